The number of alkyl halides is 3. The summed E-state index contributed by atoms with van der Waals surface area (Å²) in [5, 5.41) is 13.2. The number of nitrogens with zero attached hydrogens (tertiary/aromatic N) is 5. The van der Waals surface area contributed by atoms with Gasteiger partial charge in [-0.15, -0.1) is 5.10 Å². The Morgan fingerprint density at radius 2 is 2.00 bits per heavy atom. The molecule has 22 heavy (non-hydrogen) atoms. The van der Waals surface area contributed by atoms with E-state index in [1.165, 1.54) is 10.7 Å². The van der Waals surface area contributed by atoms with Crippen LogP contribution in [0.5, 0.6) is 0 Å². The summed E-state index contributed by atoms with van der Waals surface area (Å²) in [5.41, 5.74) is 0.281. The molecule has 1 aliphatic rings. The number of aliphatic hydroxyl groups is 1. The van der Waals surface area contributed by atoms with Crippen molar-refractivity contribution < 1.29 is 18.3 Å². The van der Waals surface area contributed by atoms with E-state index in [4.69, 9.17) is 5.11 Å². The maximum absolute atomic E-state index is 13.0. The highest BCUT2D eigenvalue weighted by Crippen LogP contribution is 2.46. The quantitative estimate of drug-likeness (QED) is 0.935. The molecule has 0 aliphatic heterocycles. The fraction of sp³-hybridized carbons (Fsp3) is 0.538. The summed E-state index contributed by atoms with van der Waals surface area (Å²) in [5.74, 6) is -0.467. The third kappa shape index (κ3) is 2.68. The second-order valence-corrected chi connectivity index (χ2v) is 5.38. The summed E-state index contributed by atoms with van der Waals surface area (Å²) in [6.45, 7) is 3.23. The van der Waals surface area contributed by atoms with Crippen molar-refractivity contribution in [3.05, 3.63) is 29.2 Å². The minimum Gasteiger partial charge on any atom is -0.396 e. The third-order valence-corrected chi connectivity index (χ3v) is 3.61. The molecule has 0 spiro atoms. The zero-order valence-electron chi connectivity index (χ0n) is 12.0. The molecule has 1 saturated carbocycles. The molecule has 0 bridgehead atoms. The Morgan fingerprint density at radius 3 is 2.50 bits per heavy atom. The van der Waals surface area contributed by atoms with Crippen LogP contribution in [0.1, 0.15) is 35.5 Å². The first-order valence-electron chi connectivity index (χ1n) is 6.77. The van der Waals surface area contributed by atoms with Gasteiger partial charge >= 0.3 is 6.18 Å². The highest BCUT2D eigenvalue weighted by molar-refractivity contribution is 5.30. The van der Waals surface area contributed by atoms with E-state index in [0.29, 0.717) is 18.1 Å². The van der Waals surface area contributed by atoms with E-state index in [1.807, 2.05) is 0 Å². The Kier molecular flexibility index (Phi) is 3.39. The van der Waals surface area contributed by atoms with E-state index in [9.17, 15) is 13.2 Å². The molecule has 0 amide bonds. The van der Waals surface area contributed by atoms with Gasteiger partial charge in [0.25, 0.3) is 0 Å². The van der Waals surface area contributed by atoms with E-state index in [2.05, 4.69) is 20.1 Å². The van der Waals surface area contributed by atoms with Crippen LogP contribution in [0, 0.1) is 19.8 Å². The Bertz CT molecular complexity index is 712. The van der Waals surface area contributed by atoms with E-state index in [1.54, 1.807) is 13.8 Å². The predicted octanol–water partition coefficient (Wildman–Crippen LogP) is 1.79. The second kappa shape index (κ2) is 5.01. The fourth-order valence-electron chi connectivity index (χ4n) is 2.43. The van der Waals surface area contributed by atoms with Crippen molar-refractivity contribution in [1.82, 2.24) is 24.7 Å². The number of hydrogen-bond acceptors (Lipinski definition) is 5. The summed E-state index contributed by atoms with van der Waals surface area (Å²) < 4.78 is 40.3. The van der Waals surface area contributed by atoms with Crippen LogP contribution in [0.25, 0.3) is 5.82 Å². The van der Waals surface area contributed by atoms with Gasteiger partial charge in [0.15, 0.2) is 5.82 Å². The fourth-order valence-corrected chi connectivity index (χ4v) is 2.43. The molecule has 2 aromatic rings. The van der Waals surface area contributed by atoms with Crippen LogP contribution >= 0.6 is 0 Å². The summed E-state index contributed by atoms with van der Waals surface area (Å²) >= 11 is 0. The second-order valence-electron chi connectivity index (χ2n) is 5.38. The van der Waals surface area contributed by atoms with Crippen molar-refractivity contribution in [3.8, 4) is 5.82 Å². The minimum absolute atomic E-state index is 0.0394. The molecular weight excluding hydrogens is 299 g/mol. The Hall–Kier alpha value is -2.03. The molecule has 118 valence electrons. The topological polar surface area (TPSA) is 76.7 Å². The van der Waals surface area contributed by atoms with Crippen molar-refractivity contribution in [1.29, 1.82) is 0 Å². The maximum atomic E-state index is 13.0. The molecule has 1 aliphatic carbocycles. The Balaban J connectivity index is 2.10. The average molecular weight is 313 g/mol. The molecule has 2 heterocycles. The Morgan fingerprint density at radius 1 is 1.27 bits per heavy atom. The molecule has 0 aromatic carbocycles. The molecule has 9 heteroatoms. The Labute approximate surface area is 124 Å². The molecule has 3 rings (SSSR count). The lowest BCUT2D eigenvalue weighted by molar-refractivity contribution is -0.145. The monoisotopic (exact) mass is 313 g/mol. The van der Waals surface area contributed by atoms with E-state index in [0.717, 1.165) is 0 Å². The van der Waals surface area contributed by atoms with Crippen LogP contribution in [0.15, 0.2) is 6.07 Å². The highest BCUT2D eigenvalue weighted by Gasteiger charge is 2.42. The van der Waals surface area contributed by atoms with E-state index >= 15 is 0 Å². The molecule has 1 N–H and O–H groups in total. The lowest BCUT2D eigenvalue weighted by atomic mass is 10.2. The van der Waals surface area contributed by atoms with Crippen LogP contribution in [0.3, 0.4) is 0 Å². The van der Waals surface area contributed by atoms with Crippen molar-refractivity contribution in [2.45, 2.75) is 32.4 Å². The van der Waals surface area contributed by atoms with E-state index in [-0.39, 0.29) is 30.0 Å². The van der Waals surface area contributed by atoms with Crippen LogP contribution in [-0.4, -0.2) is 36.4 Å². The van der Waals surface area contributed by atoms with E-state index < -0.39 is 12.0 Å². The normalized spacial score (nSPS) is 21.2. The van der Waals surface area contributed by atoms with Gasteiger partial charge in [0, 0.05) is 18.6 Å². The van der Waals surface area contributed by atoms with Crippen LogP contribution in [-0.2, 0) is 6.18 Å². The lowest BCUT2D eigenvalue weighted by Gasteiger charge is -2.10. The number of aliphatic hydroxyl groups excluding tert-OH is 1. The lowest BCUT2D eigenvalue weighted by Crippen LogP contribution is -2.16. The van der Waals surface area contributed by atoms with Crippen LogP contribution in [0.2, 0.25) is 0 Å². The van der Waals surface area contributed by atoms with Crippen LogP contribution < -0.4 is 0 Å². The largest absolute Gasteiger partial charge is 0.451 e. The minimum atomic E-state index is -4.64. The summed E-state index contributed by atoms with van der Waals surface area (Å²) in [4.78, 5) is 11.3. The number of rotatable bonds is 3. The zero-order chi connectivity index (χ0) is 16.1. The van der Waals surface area contributed by atoms with Gasteiger partial charge in [-0.1, -0.05) is 0 Å². The van der Waals surface area contributed by atoms with Crippen LogP contribution in [0.4, 0.5) is 13.2 Å². The van der Waals surface area contributed by atoms with Crippen molar-refractivity contribution in [3.63, 3.8) is 0 Å². The van der Waals surface area contributed by atoms with Crippen molar-refractivity contribution in [2.75, 3.05) is 6.61 Å². The first kappa shape index (κ1) is 14.9. The summed E-state index contributed by atoms with van der Waals surface area (Å²) in [6.07, 6.45) is -4.02. The molecule has 0 radical (unpaired) electrons. The maximum Gasteiger partial charge on any atom is 0.451 e. The van der Waals surface area contributed by atoms with Gasteiger partial charge in [0.1, 0.15) is 11.6 Å². The zero-order valence-corrected chi connectivity index (χ0v) is 12.0. The SMILES string of the molecule is Cc1nc(C)n(-c2cc([C@@H]3C[C@H]3CO)nc(C(F)(F)F)n2)n1. The molecule has 6 nitrogen and oxygen atoms in total. The smallest absolute Gasteiger partial charge is 0.396 e. The third-order valence-electron chi connectivity index (χ3n) is 3.61. The highest BCUT2D eigenvalue weighted by atomic mass is 19.4. The molecular formula is C13H14F3N5O. The van der Waals surface area contributed by atoms with Crippen molar-refractivity contribution in [2.24, 2.45) is 5.92 Å². The molecule has 0 saturated heterocycles. The summed E-state index contributed by atoms with van der Waals surface area (Å²) in [7, 11) is 0. The number of halogens is 3. The van der Waals surface area contributed by atoms with Gasteiger partial charge < -0.3 is 5.11 Å². The molecule has 1 fully saturated rings. The average Bonchev–Trinajstić information content (AvgIpc) is 3.15. The first-order valence-corrected chi connectivity index (χ1v) is 6.77. The van der Waals surface area contributed by atoms with Gasteiger partial charge in [-0.05, 0) is 26.2 Å². The molecule has 2 aromatic heterocycles. The van der Waals surface area contributed by atoms with Gasteiger partial charge in [0.05, 0.1) is 5.69 Å². The van der Waals surface area contributed by atoms with Gasteiger partial charge in [-0.3, -0.25) is 0 Å². The predicted molar refractivity (Wildman–Crippen MR) is 69.4 cm³/mol. The number of hydrogen-bond donors (Lipinski definition) is 1. The number of aromatic nitrogens is 5. The standard InChI is InChI=1S/C13H14F3N5O/c1-6-17-7(2)21(20-6)11-4-10(9-3-8(9)5-22)18-12(19-11)13(14,15)16/h4,8-9,22H,3,5H2,1-2H3/t8-,9+/m0/s1. The van der Waals surface area contributed by atoms with Gasteiger partial charge in [-0.2, -0.15) is 17.9 Å². The van der Waals surface area contributed by atoms with Gasteiger partial charge in [0.2, 0.25) is 5.82 Å². The summed E-state index contributed by atoms with van der Waals surface area (Å²) in [6, 6.07) is 1.48. The molecule has 2 atom stereocenters. The number of aryl methyl sites for hydroxylation is 2. The molecule has 0 unspecified atom stereocenters. The van der Waals surface area contributed by atoms with Crippen molar-refractivity contribution >= 4 is 0 Å². The first-order chi connectivity index (χ1) is 10.3. The van der Waals surface area contributed by atoms with Gasteiger partial charge in [-0.25, -0.2) is 15.0 Å².